The number of nitrogens with one attached hydrogen (secondary N) is 1. The van der Waals surface area contributed by atoms with Crippen molar-refractivity contribution in [1.29, 1.82) is 0 Å². The van der Waals surface area contributed by atoms with Gasteiger partial charge in [0.1, 0.15) is 0 Å². The van der Waals surface area contributed by atoms with E-state index in [1.807, 2.05) is 0 Å². The average Bonchev–Trinajstić information content (AvgIpc) is 2.46. The minimum atomic E-state index is 0.398. The van der Waals surface area contributed by atoms with Crippen LogP contribution in [0.3, 0.4) is 0 Å². The van der Waals surface area contributed by atoms with Crippen LogP contribution in [0.25, 0.3) is 0 Å². The fourth-order valence-electron chi connectivity index (χ4n) is 2.80. The lowest BCUT2D eigenvalue weighted by Gasteiger charge is -2.36. The van der Waals surface area contributed by atoms with Crippen LogP contribution in [0, 0.1) is 12.3 Å². The molecule has 1 N–H and O–H groups in total. The molecule has 0 spiro atoms. The topological polar surface area (TPSA) is 15.3 Å². The van der Waals surface area contributed by atoms with Crippen molar-refractivity contribution in [3.63, 3.8) is 0 Å². The van der Waals surface area contributed by atoms with Crippen LogP contribution in [0.5, 0.6) is 0 Å². The van der Waals surface area contributed by atoms with Gasteiger partial charge in [0.25, 0.3) is 0 Å². The summed E-state index contributed by atoms with van der Waals surface area (Å²) in [5.74, 6) is 0. The molecule has 0 radical (unpaired) electrons. The second kappa shape index (κ2) is 8.43. The van der Waals surface area contributed by atoms with Crippen molar-refractivity contribution in [3.8, 4) is 0 Å². The number of nitrogens with zero attached hydrogens (tertiary/aromatic N) is 1. The Hall–Kier alpha value is -0.860. The molecule has 0 saturated heterocycles. The van der Waals surface area contributed by atoms with Crippen LogP contribution in [-0.2, 0) is 6.54 Å². The normalized spacial score (nSPS) is 12.1. The van der Waals surface area contributed by atoms with Gasteiger partial charge < -0.3 is 10.2 Å². The SMILES string of the molecule is CCNCC(CC)(CC)CN(C)Cc1ccc(C)cc1. The minimum Gasteiger partial charge on any atom is -0.316 e. The number of hydrogen-bond donors (Lipinski definition) is 1. The molecule has 0 atom stereocenters. The van der Waals surface area contributed by atoms with E-state index in [9.17, 15) is 0 Å². The van der Waals surface area contributed by atoms with Crippen molar-refractivity contribution < 1.29 is 0 Å². The smallest absolute Gasteiger partial charge is 0.0230 e. The molecule has 0 saturated carbocycles. The molecule has 0 unspecified atom stereocenters. The first-order chi connectivity index (χ1) is 9.55. The van der Waals surface area contributed by atoms with Crippen LogP contribution in [0.2, 0.25) is 0 Å². The van der Waals surface area contributed by atoms with Gasteiger partial charge in [-0.05, 0) is 44.3 Å². The van der Waals surface area contributed by atoms with E-state index in [1.165, 1.54) is 24.0 Å². The number of benzene rings is 1. The van der Waals surface area contributed by atoms with E-state index in [-0.39, 0.29) is 0 Å². The van der Waals surface area contributed by atoms with Gasteiger partial charge >= 0.3 is 0 Å². The van der Waals surface area contributed by atoms with Gasteiger partial charge in [-0.3, -0.25) is 0 Å². The van der Waals surface area contributed by atoms with Gasteiger partial charge in [-0.25, -0.2) is 0 Å². The quantitative estimate of drug-likeness (QED) is 0.737. The molecule has 114 valence electrons. The van der Waals surface area contributed by atoms with Crippen molar-refractivity contribution in [1.82, 2.24) is 10.2 Å². The van der Waals surface area contributed by atoms with Crippen molar-refractivity contribution in [3.05, 3.63) is 35.4 Å². The van der Waals surface area contributed by atoms with E-state index in [0.29, 0.717) is 5.41 Å². The van der Waals surface area contributed by atoms with E-state index in [4.69, 9.17) is 0 Å². The lowest BCUT2D eigenvalue weighted by Crippen LogP contribution is -2.42. The summed E-state index contributed by atoms with van der Waals surface area (Å²) in [6.45, 7) is 13.3. The predicted octanol–water partition coefficient (Wildman–Crippen LogP) is 3.84. The molecular formula is C18H32N2. The zero-order chi connectivity index (χ0) is 15.0. The largest absolute Gasteiger partial charge is 0.316 e. The summed E-state index contributed by atoms with van der Waals surface area (Å²) in [6.07, 6.45) is 2.46. The molecule has 0 amide bonds. The highest BCUT2D eigenvalue weighted by molar-refractivity contribution is 5.21. The maximum absolute atomic E-state index is 3.54. The highest BCUT2D eigenvalue weighted by atomic mass is 15.1. The van der Waals surface area contributed by atoms with Gasteiger partial charge in [0.15, 0.2) is 0 Å². The van der Waals surface area contributed by atoms with E-state index in [0.717, 1.165) is 26.2 Å². The molecule has 1 rings (SSSR count). The Balaban J connectivity index is 2.61. The summed E-state index contributed by atoms with van der Waals surface area (Å²) >= 11 is 0. The molecule has 0 bridgehead atoms. The molecule has 0 fully saturated rings. The molecule has 2 nitrogen and oxygen atoms in total. The van der Waals surface area contributed by atoms with Gasteiger partial charge in [-0.15, -0.1) is 0 Å². The highest BCUT2D eigenvalue weighted by Gasteiger charge is 2.27. The zero-order valence-electron chi connectivity index (χ0n) is 14.0. The Morgan fingerprint density at radius 2 is 1.65 bits per heavy atom. The fraction of sp³-hybridized carbons (Fsp3) is 0.667. The van der Waals surface area contributed by atoms with Crippen LogP contribution in [0.1, 0.15) is 44.7 Å². The first-order valence-corrected chi connectivity index (χ1v) is 8.00. The molecule has 20 heavy (non-hydrogen) atoms. The number of hydrogen-bond acceptors (Lipinski definition) is 2. The summed E-state index contributed by atoms with van der Waals surface area (Å²) in [6, 6.07) is 8.90. The van der Waals surface area contributed by atoms with E-state index >= 15 is 0 Å². The second-order valence-electron chi connectivity index (χ2n) is 6.15. The molecule has 1 aromatic carbocycles. The summed E-state index contributed by atoms with van der Waals surface area (Å²) in [7, 11) is 2.24. The van der Waals surface area contributed by atoms with Crippen molar-refractivity contribution in [2.24, 2.45) is 5.41 Å². The lowest BCUT2D eigenvalue weighted by molar-refractivity contribution is 0.151. The average molecular weight is 276 g/mol. The Labute approximate surface area is 125 Å². The van der Waals surface area contributed by atoms with Crippen LogP contribution >= 0.6 is 0 Å². The minimum absolute atomic E-state index is 0.398. The van der Waals surface area contributed by atoms with Crippen LogP contribution in [0.15, 0.2) is 24.3 Å². The summed E-state index contributed by atoms with van der Waals surface area (Å²) in [5.41, 5.74) is 3.14. The van der Waals surface area contributed by atoms with Gasteiger partial charge in [-0.2, -0.15) is 0 Å². The predicted molar refractivity (Wildman–Crippen MR) is 89.1 cm³/mol. The number of rotatable bonds is 9. The maximum Gasteiger partial charge on any atom is 0.0230 e. The molecule has 0 aliphatic heterocycles. The molecular weight excluding hydrogens is 244 g/mol. The Bertz CT molecular complexity index is 366. The van der Waals surface area contributed by atoms with Gasteiger partial charge in [0, 0.05) is 19.6 Å². The Kier molecular flexibility index (Phi) is 7.25. The Morgan fingerprint density at radius 1 is 1.05 bits per heavy atom. The summed E-state index contributed by atoms with van der Waals surface area (Å²) in [5, 5.41) is 3.54. The van der Waals surface area contributed by atoms with Gasteiger partial charge in [0.2, 0.25) is 0 Å². The summed E-state index contributed by atoms with van der Waals surface area (Å²) < 4.78 is 0. The van der Waals surface area contributed by atoms with Gasteiger partial charge in [-0.1, -0.05) is 50.6 Å². The zero-order valence-corrected chi connectivity index (χ0v) is 14.0. The monoisotopic (exact) mass is 276 g/mol. The third-order valence-corrected chi connectivity index (χ3v) is 4.43. The van der Waals surface area contributed by atoms with E-state index in [2.05, 4.69) is 69.2 Å². The van der Waals surface area contributed by atoms with Crippen molar-refractivity contribution in [2.45, 2.75) is 47.1 Å². The third kappa shape index (κ3) is 5.26. The van der Waals surface area contributed by atoms with Crippen molar-refractivity contribution in [2.75, 3.05) is 26.7 Å². The second-order valence-corrected chi connectivity index (χ2v) is 6.15. The van der Waals surface area contributed by atoms with Crippen molar-refractivity contribution >= 4 is 0 Å². The standard InChI is InChI=1S/C18H32N2/c1-6-18(7-2,14-19-8-3)15-20(5)13-17-11-9-16(4)10-12-17/h9-12,19H,6-8,13-15H2,1-5H3. The van der Waals surface area contributed by atoms with E-state index in [1.54, 1.807) is 0 Å². The highest BCUT2D eigenvalue weighted by Crippen LogP contribution is 2.27. The Morgan fingerprint density at radius 3 is 2.15 bits per heavy atom. The molecule has 0 aliphatic rings. The molecule has 0 aliphatic carbocycles. The molecule has 0 heterocycles. The van der Waals surface area contributed by atoms with E-state index < -0.39 is 0 Å². The molecule has 0 aromatic heterocycles. The lowest BCUT2D eigenvalue weighted by atomic mass is 9.81. The molecule has 2 heteroatoms. The third-order valence-electron chi connectivity index (χ3n) is 4.43. The van der Waals surface area contributed by atoms with Gasteiger partial charge in [0.05, 0.1) is 0 Å². The van der Waals surface area contributed by atoms with Crippen LogP contribution < -0.4 is 5.32 Å². The first kappa shape index (κ1) is 17.2. The fourth-order valence-corrected chi connectivity index (χ4v) is 2.80. The van der Waals surface area contributed by atoms with Crippen LogP contribution in [-0.4, -0.2) is 31.6 Å². The number of aryl methyl sites for hydroxylation is 1. The first-order valence-electron chi connectivity index (χ1n) is 8.00. The maximum atomic E-state index is 3.54. The van der Waals surface area contributed by atoms with Crippen LogP contribution in [0.4, 0.5) is 0 Å². The summed E-state index contributed by atoms with van der Waals surface area (Å²) in [4.78, 5) is 2.47. The molecule has 1 aromatic rings.